The lowest BCUT2D eigenvalue weighted by Crippen LogP contribution is -3.00. The Morgan fingerprint density at radius 1 is 0.537 bits per heavy atom. The first-order valence-electron chi connectivity index (χ1n) is 41.4. The number of carboxylic acid groups (broad SMARTS) is 1. The number of rotatable bonds is 16. The number of hydrogen-bond acceptors (Lipinski definition) is 18. The highest BCUT2D eigenvalue weighted by Crippen LogP contribution is 2.54. The van der Waals surface area contributed by atoms with Gasteiger partial charge >= 0.3 is 70.7 Å². The first-order chi connectivity index (χ1) is 56.0. The molecule has 1 N–H and O–H groups in total. The predicted octanol–water partition coefficient (Wildman–Crippen LogP) is 16.3. The molecule has 16 aliphatic rings. The second-order valence-corrected chi connectivity index (χ2v) is 37.1. The van der Waals surface area contributed by atoms with Gasteiger partial charge in [0, 0.05) is 142 Å². The van der Waals surface area contributed by atoms with Crippen LogP contribution in [-0.2, 0) is 85.6 Å². The van der Waals surface area contributed by atoms with Crippen molar-refractivity contribution in [2.24, 2.45) is 50.7 Å². The van der Waals surface area contributed by atoms with Crippen molar-refractivity contribution < 1.29 is 177 Å². The van der Waals surface area contributed by atoms with Gasteiger partial charge in [-0.2, -0.15) is 65.5 Å². The molecule has 4 atom stereocenters. The molecule has 0 aromatic heterocycles. The lowest BCUT2D eigenvalue weighted by Gasteiger charge is -2.52. The summed E-state index contributed by atoms with van der Waals surface area (Å²) >= 11 is 0. The molecular formula is C83H118BBrF16O19S-. The first-order valence-corrected chi connectivity index (χ1v) is 42.9. The third-order valence-corrected chi connectivity index (χ3v) is 24.9. The van der Waals surface area contributed by atoms with Gasteiger partial charge in [0.1, 0.15) is 13.2 Å². The molecule has 38 heteroatoms. The van der Waals surface area contributed by atoms with Crippen LogP contribution < -0.4 is 17.0 Å². The van der Waals surface area contributed by atoms with E-state index in [1.54, 1.807) is 6.92 Å². The van der Waals surface area contributed by atoms with Crippen molar-refractivity contribution in [3.8, 4) is 23.7 Å². The van der Waals surface area contributed by atoms with Crippen molar-refractivity contribution in [2.75, 3.05) is 79.3 Å². The van der Waals surface area contributed by atoms with Gasteiger partial charge in [-0.05, 0) is 114 Å². The fraction of sp³-hybridized carbons (Fsp3) is 0.843. The molecule has 0 amide bonds. The van der Waals surface area contributed by atoms with Gasteiger partial charge in [-0.15, -0.1) is 0 Å². The van der Waals surface area contributed by atoms with E-state index in [2.05, 4.69) is 42.7 Å². The molecule has 4 unspecified atom stereocenters. The fourth-order valence-corrected chi connectivity index (χ4v) is 16.2. The van der Waals surface area contributed by atoms with Crippen LogP contribution in [0, 0.1) is 74.4 Å². The Balaban J connectivity index is 0.000000260. The van der Waals surface area contributed by atoms with Crippen molar-refractivity contribution in [2.45, 2.75) is 313 Å². The van der Waals surface area contributed by atoms with Crippen LogP contribution in [0.25, 0.3) is 0 Å². The molecule has 19 nitrogen and oxygen atoms in total. The normalized spacial score (nSPS) is 33.1. The Hall–Kier alpha value is -4.80. The van der Waals surface area contributed by atoms with E-state index in [1.165, 1.54) is 6.82 Å². The number of carbonyl (C=O) groups excluding carboxylic acids is 4. The number of carboxylic acids is 1. The van der Waals surface area contributed by atoms with Gasteiger partial charge in [-0.1, -0.05) is 98.7 Å². The van der Waals surface area contributed by atoms with E-state index in [1.807, 2.05) is 19.8 Å². The highest BCUT2D eigenvalue weighted by atomic mass is 79.9. The molecule has 2 saturated carbocycles. The summed E-state index contributed by atoms with van der Waals surface area (Å²) in [5.74, 6) is -20.5. The SMILES string of the molecule is CC1(COC(=O)C=C2CCCCCC(=O)C2(F)F)COC1.CC12CCC(CC3CCCC/C=C(/OS(=O)(=O)C(F)(F)F)C3(F)F)(OC1)OC2.CC12CCC(CC3CCCCC#CC3(F)F)(OC1)OC2.CC12CCC(CC3CCCCCC(=O)C3(F)F)(OC1)OC2.CCC(=O)OCC1(C)COC1.C[B]F.FF.O=C(O)CC1CCCCC#CC1(F)F.[Br-]. The van der Waals surface area contributed by atoms with E-state index >= 15 is 8.78 Å². The van der Waals surface area contributed by atoms with Crippen LogP contribution in [0.3, 0.4) is 0 Å². The zero-order valence-electron chi connectivity index (χ0n) is 70.0. The molecule has 0 aromatic rings. The Morgan fingerprint density at radius 3 is 1.33 bits per heavy atom. The van der Waals surface area contributed by atoms with Crippen molar-refractivity contribution in [1.82, 2.24) is 0 Å². The molecule has 11 heterocycles. The monoisotopic (exact) mass is 1840 g/mol. The van der Waals surface area contributed by atoms with Gasteiger partial charge in [0.25, 0.3) is 0 Å². The second kappa shape index (κ2) is 45.8. The van der Waals surface area contributed by atoms with Gasteiger partial charge in [-0.25, -0.2) is 4.79 Å². The lowest BCUT2D eigenvalue weighted by molar-refractivity contribution is -0.347. The number of Topliss-reactive ketones (excluding diaryl/α,β-unsaturated/α-hetero) is 2. The molecule has 121 heavy (non-hydrogen) atoms. The third kappa shape index (κ3) is 31.3. The molecule has 6 bridgehead atoms. The molecule has 693 valence electrons. The maximum absolute atomic E-state index is 15.1. The zero-order valence-corrected chi connectivity index (χ0v) is 72.4. The van der Waals surface area contributed by atoms with Crippen LogP contribution >= 0.6 is 0 Å². The number of fused-ring (bicyclic) bond motifs is 9. The Kier molecular flexibility index (Phi) is 40.4. The summed E-state index contributed by atoms with van der Waals surface area (Å²) < 4.78 is 287. The Morgan fingerprint density at radius 2 is 0.917 bits per heavy atom. The average molecular weight is 1850 g/mol. The topological polar surface area (TPSA) is 241 Å². The Bertz CT molecular complexity index is 3600. The molecular weight excluding hydrogens is 1730 g/mol. The number of esters is 2. The van der Waals surface area contributed by atoms with Crippen molar-refractivity contribution in [1.29, 1.82) is 0 Å². The van der Waals surface area contributed by atoms with Gasteiger partial charge in [0.05, 0.1) is 72.5 Å². The minimum atomic E-state index is -6.18. The van der Waals surface area contributed by atoms with Crippen molar-refractivity contribution in [3.05, 3.63) is 23.5 Å². The number of ketones is 2. The lowest BCUT2D eigenvalue weighted by atomic mass is 9.75. The molecule has 0 spiro atoms. The molecule has 13 fully saturated rings. The molecule has 16 rings (SSSR count). The van der Waals surface area contributed by atoms with Crippen LogP contribution in [0.15, 0.2) is 23.5 Å². The van der Waals surface area contributed by atoms with Crippen molar-refractivity contribution in [3.63, 3.8) is 0 Å². The molecule has 11 saturated heterocycles. The molecule has 1 radical (unpaired) electrons. The first kappa shape index (κ1) is 107. The summed E-state index contributed by atoms with van der Waals surface area (Å²) in [7, 11) is -5.68. The predicted molar refractivity (Wildman–Crippen MR) is 405 cm³/mol. The van der Waals surface area contributed by atoms with E-state index in [-0.39, 0.29) is 114 Å². The van der Waals surface area contributed by atoms with Crippen molar-refractivity contribution >= 4 is 47.1 Å². The summed E-state index contributed by atoms with van der Waals surface area (Å²) in [4.78, 5) is 56.1. The maximum Gasteiger partial charge on any atom is 0.534 e. The van der Waals surface area contributed by atoms with E-state index in [0.29, 0.717) is 170 Å². The quantitative estimate of drug-likeness (QED) is 0.0287. The van der Waals surface area contributed by atoms with E-state index < -0.39 is 128 Å². The number of aliphatic carboxylic acids is 1. The fourth-order valence-electron chi connectivity index (χ4n) is 15.7. The van der Waals surface area contributed by atoms with Crippen LogP contribution in [0.4, 0.5) is 70.5 Å². The third-order valence-electron chi connectivity index (χ3n) is 23.9. The van der Waals surface area contributed by atoms with Crippen LogP contribution in [0.5, 0.6) is 0 Å². The smallest absolute Gasteiger partial charge is 0.534 e. The summed E-state index contributed by atoms with van der Waals surface area (Å²) in [6, 6.07) is 0. The number of hydrogen-bond donors (Lipinski definition) is 1. The minimum absolute atomic E-state index is 0. The second-order valence-electron chi connectivity index (χ2n) is 35.5. The van der Waals surface area contributed by atoms with E-state index in [4.69, 9.17) is 61.6 Å². The summed E-state index contributed by atoms with van der Waals surface area (Å²) in [5.41, 5.74) is -6.42. The maximum atomic E-state index is 15.1. The largest absolute Gasteiger partial charge is 1.00 e. The van der Waals surface area contributed by atoms with Gasteiger partial charge in [0.2, 0.25) is 11.6 Å². The van der Waals surface area contributed by atoms with Gasteiger partial charge in [-0.3, -0.25) is 19.2 Å². The number of alkyl halides is 13. The highest BCUT2D eigenvalue weighted by Gasteiger charge is 2.60. The summed E-state index contributed by atoms with van der Waals surface area (Å²) in [6.07, 6.45) is 16.1. The molecule has 11 aliphatic heterocycles. The van der Waals surface area contributed by atoms with Gasteiger partial charge in [0.15, 0.2) is 23.1 Å². The number of carbonyl (C=O) groups is 5. The summed E-state index contributed by atoms with van der Waals surface area (Å²) in [5, 5.41) is 8.48. The van der Waals surface area contributed by atoms with E-state index in [0.717, 1.165) is 69.9 Å². The standard InChI is InChI=1S/C17H23F5O5S.C16H24F2O3.C16H22F2O2.C15H20F2O4.C10H12F2O2.C8H14O3.CH3BF.BrH.F2/c1-14-7-8-15(25-10-14,26-11-14)9-12-5-3-2-4-6-13(16(12,18)19)27-28(23,24)17(20,21)22;1-14-7-8-15(20-10-14,21-11-14)9-12-5-3-2-4-6-13(19)16(12,17)18;1-14-8-9-15(19-11-14,20-12-14)10-13-6-4-2-3-5-7-16(13,17)18;1-14(8-20-9-14)10-21-13(19)7-11-5-3-2-4-6-12(18)15(11,16)17;11-10(12)6-4-2-1-3-5-8(10)7-9(13)14;1-3-7(9)11-6-8(2)4-10-5-8;1-2-3;;1-2/h6,12H,2-5,7-11H2,1H3;12H,2-11H2,1H3;13H,2-4,6,8-12H2,1H3;7H,2-6,8-10H2,1H3;8H,1-3,5,7H2,(H,13,14);3-6H2,1-2H3;1H3;1H;/p-1/b13-6+;;;;;;;;. The summed E-state index contributed by atoms with van der Waals surface area (Å²) in [6.45, 7) is 19.4. The molecule has 5 aliphatic carbocycles. The average Bonchev–Trinajstić information content (AvgIpc) is 0.840. The van der Waals surface area contributed by atoms with E-state index in [9.17, 15) is 85.0 Å². The Labute approximate surface area is 710 Å². The minimum Gasteiger partial charge on any atom is -1.00 e. The highest BCUT2D eigenvalue weighted by molar-refractivity contribution is 7.87. The van der Waals surface area contributed by atoms with Crippen LogP contribution in [0.1, 0.15) is 253 Å². The number of halogens is 17. The number of allylic oxidation sites excluding steroid dienone is 3. The van der Waals surface area contributed by atoms with Crippen LogP contribution in [0.2, 0.25) is 6.82 Å². The molecule has 0 aromatic carbocycles. The zero-order chi connectivity index (χ0) is 89.4. The number of ether oxygens (including phenoxy) is 10. The van der Waals surface area contributed by atoms with Gasteiger partial charge < -0.3 is 78.0 Å². The van der Waals surface area contributed by atoms with Crippen LogP contribution in [-0.4, -0.2) is 182 Å².